The third-order valence-electron chi connectivity index (χ3n) is 2.01. The van der Waals surface area contributed by atoms with Gasteiger partial charge in [0.15, 0.2) is 6.10 Å². The summed E-state index contributed by atoms with van der Waals surface area (Å²) in [5, 5.41) is 9.70. The molecule has 88 valence electrons. The topological polar surface area (TPSA) is 46.5 Å². The number of aliphatic hydroxyl groups is 1. The van der Waals surface area contributed by atoms with Crippen molar-refractivity contribution in [3.8, 4) is 0 Å². The van der Waals surface area contributed by atoms with Crippen molar-refractivity contribution in [1.29, 1.82) is 0 Å². The number of aliphatic hydroxyl groups excluding tert-OH is 1. The number of ether oxygens (including phenoxy) is 1. The second kappa shape index (κ2) is 5.86. The van der Waals surface area contributed by atoms with E-state index < -0.39 is 17.9 Å². The van der Waals surface area contributed by atoms with Crippen LogP contribution in [0.1, 0.15) is 18.6 Å². The van der Waals surface area contributed by atoms with Gasteiger partial charge in [0.1, 0.15) is 5.82 Å². The second-order valence-corrected chi connectivity index (χ2v) is 3.83. The average Bonchev–Trinajstić information content (AvgIpc) is 2.28. The fourth-order valence-corrected chi connectivity index (χ4v) is 1.98. The lowest BCUT2D eigenvalue weighted by Crippen LogP contribution is -2.16. The van der Waals surface area contributed by atoms with Crippen LogP contribution in [-0.2, 0) is 9.53 Å². The van der Waals surface area contributed by atoms with Crippen molar-refractivity contribution in [3.63, 3.8) is 0 Å². The predicted molar refractivity (Wildman–Crippen MR) is 59.8 cm³/mol. The first-order valence-corrected chi connectivity index (χ1v) is 6.01. The van der Waals surface area contributed by atoms with Crippen molar-refractivity contribution in [2.45, 2.75) is 17.9 Å². The first kappa shape index (κ1) is 13.0. The fraction of sp³-hybridized carbons (Fsp3) is 0.364. The maximum Gasteiger partial charge on any atom is 0.339 e. The lowest BCUT2D eigenvalue weighted by Gasteiger charge is -2.13. The van der Waals surface area contributed by atoms with E-state index in [4.69, 9.17) is 0 Å². The first-order chi connectivity index (χ1) is 7.61. The molecule has 0 aliphatic rings. The SMILES string of the molecule is CCOC(=O)C(O)c1cccc(F)c1SC. The molecule has 0 fully saturated rings. The second-order valence-electron chi connectivity index (χ2n) is 3.02. The van der Waals surface area contributed by atoms with Crippen molar-refractivity contribution in [3.05, 3.63) is 29.6 Å². The number of thioether (sulfide) groups is 1. The van der Waals surface area contributed by atoms with Gasteiger partial charge in [-0.25, -0.2) is 9.18 Å². The summed E-state index contributed by atoms with van der Waals surface area (Å²) in [4.78, 5) is 11.6. The van der Waals surface area contributed by atoms with Crippen LogP contribution in [0.25, 0.3) is 0 Å². The summed E-state index contributed by atoms with van der Waals surface area (Å²) in [6.07, 6.45) is 0.248. The number of hydrogen-bond acceptors (Lipinski definition) is 4. The van der Waals surface area contributed by atoms with Crippen molar-refractivity contribution in [1.82, 2.24) is 0 Å². The number of hydrogen-bond donors (Lipinski definition) is 1. The third kappa shape index (κ3) is 2.74. The summed E-state index contributed by atoms with van der Waals surface area (Å²) in [5.41, 5.74) is 0.242. The number of benzene rings is 1. The van der Waals surface area contributed by atoms with E-state index in [0.717, 1.165) is 11.8 Å². The van der Waals surface area contributed by atoms with Crippen LogP contribution in [0, 0.1) is 5.82 Å². The molecule has 1 unspecified atom stereocenters. The van der Waals surface area contributed by atoms with Gasteiger partial charge in [0.2, 0.25) is 0 Å². The summed E-state index contributed by atoms with van der Waals surface area (Å²) in [7, 11) is 0. The summed E-state index contributed by atoms with van der Waals surface area (Å²) in [6.45, 7) is 1.82. The highest BCUT2D eigenvalue weighted by Crippen LogP contribution is 2.29. The zero-order valence-electron chi connectivity index (χ0n) is 9.07. The molecule has 0 heterocycles. The molecule has 1 N–H and O–H groups in total. The Morgan fingerprint density at radius 1 is 1.62 bits per heavy atom. The molecule has 0 bridgehead atoms. The minimum atomic E-state index is -1.43. The molecule has 0 saturated carbocycles. The molecule has 0 radical (unpaired) electrons. The molecular weight excluding hydrogens is 231 g/mol. The molecule has 1 aromatic rings. The summed E-state index contributed by atoms with van der Waals surface area (Å²) < 4.78 is 18.1. The normalized spacial score (nSPS) is 12.2. The Kier molecular flexibility index (Phi) is 4.76. The molecule has 1 aromatic carbocycles. The molecule has 0 amide bonds. The lowest BCUT2D eigenvalue weighted by molar-refractivity contribution is -0.153. The molecule has 0 saturated heterocycles. The van der Waals surface area contributed by atoms with Gasteiger partial charge in [0.25, 0.3) is 0 Å². The standard InChI is InChI=1S/C11H13FO3S/c1-3-15-11(14)9(13)7-5-4-6-8(12)10(7)16-2/h4-6,9,13H,3H2,1-2H3. The van der Waals surface area contributed by atoms with Gasteiger partial charge in [-0.2, -0.15) is 0 Å². The van der Waals surface area contributed by atoms with E-state index in [1.165, 1.54) is 18.2 Å². The molecular formula is C11H13FO3S. The van der Waals surface area contributed by atoms with Gasteiger partial charge in [-0.3, -0.25) is 0 Å². The Balaban J connectivity index is 3.03. The van der Waals surface area contributed by atoms with Crippen LogP contribution in [0.15, 0.2) is 23.1 Å². The lowest BCUT2D eigenvalue weighted by atomic mass is 10.1. The summed E-state index contributed by atoms with van der Waals surface area (Å²) in [5.74, 6) is -1.21. The average molecular weight is 244 g/mol. The first-order valence-electron chi connectivity index (χ1n) is 4.78. The van der Waals surface area contributed by atoms with Crippen LogP contribution in [0.5, 0.6) is 0 Å². The molecule has 5 heteroatoms. The van der Waals surface area contributed by atoms with Gasteiger partial charge in [-0.05, 0) is 19.2 Å². The van der Waals surface area contributed by atoms with Gasteiger partial charge in [-0.1, -0.05) is 12.1 Å². The van der Waals surface area contributed by atoms with Gasteiger partial charge >= 0.3 is 5.97 Å². The van der Waals surface area contributed by atoms with E-state index in [1.807, 2.05) is 0 Å². The van der Waals surface area contributed by atoms with Crippen LogP contribution in [0.3, 0.4) is 0 Å². The number of halogens is 1. The predicted octanol–water partition coefficient (Wildman–Crippen LogP) is 2.14. The molecule has 0 aliphatic heterocycles. The third-order valence-corrected chi connectivity index (χ3v) is 2.84. The van der Waals surface area contributed by atoms with Crippen molar-refractivity contribution >= 4 is 17.7 Å². The van der Waals surface area contributed by atoms with Crippen LogP contribution in [0.2, 0.25) is 0 Å². The van der Waals surface area contributed by atoms with Crippen LogP contribution in [-0.4, -0.2) is 23.9 Å². The Morgan fingerprint density at radius 2 is 2.31 bits per heavy atom. The Morgan fingerprint density at radius 3 is 2.88 bits per heavy atom. The van der Waals surface area contributed by atoms with Crippen molar-refractivity contribution < 1.29 is 19.0 Å². The highest BCUT2D eigenvalue weighted by Gasteiger charge is 2.22. The van der Waals surface area contributed by atoms with E-state index in [2.05, 4.69) is 4.74 Å². The largest absolute Gasteiger partial charge is 0.464 e. The maximum atomic E-state index is 13.4. The fourth-order valence-electron chi connectivity index (χ4n) is 1.30. The van der Waals surface area contributed by atoms with E-state index in [-0.39, 0.29) is 17.1 Å². The van der Waals surface area contributed by atoms with Gasteiger partial charge in [-0.15, -0.1) is 11.8 Å². The van der Waals surface area contributed by atoms with Crippen LogP contribution in [0.4, 0.5) is 4.39 Å². The summed E-state index contributed by atoms with van der Waals surface area (Å²) >= 11 is 1.14. The van der Waals surface area contributed by atoms with E-state index in [0.29, 0.717) is 0 Å². The monoisotopic (exact) mass is 244 g/mol. The molecule has 16 heavy (non-hydrogen) atoms. The summed E-state index contributed by atoms with van der Waals surface area (Å²) in [6, 6.07) is 4.25. The van der Waals surface area contributed by atoms with Gasteiger partial charge in [0, 0.05) is 10.5 Å². The molecule has 1 atom stereocenters. The number of rotatable bonds is 4. The molecule has 0 aromatic heterocycles. The van der Waals surface area contributed by atoms with Gasteiger partial charge in [0.05, 0.1) is 6.61 Å². The van der Waals surface area contributed by atoms with Gasteiger partial charge < -0.3 is 9.84 Å². The number of esters is 1. The zero-order valence-corrected chi connectivity index (χ0v) is 9.88. The quantitative estimate of drug-likeness (QED) is 0.651. The Bertz CT molecular complexity index is 381. The highest BCUT2D eigenvalue weighted by atomic mass is 32.2. The van der Waals surface area contributed by atoms with E-state index >= 15 is 0 Å². The number of carbonyl (C=O) groups is 1. The molecule has 3 nitrogen and oxygen atoms in total. The smallest absolute Gasteiger partial charge is 0.339 e. The Hall–Kier alpha value is -1.07. The van der Waals surface area contributed by atoms with Crippen molar-refractivity contribution in [2.24, 2.45) is 0 Å². The Labute approximate surface area is 97.6 Å². The molecule has 0 aliphatic carbocycles. The molecule has 0 spiro atoms. The number of carbonyl (C=O) groups excluding carboxylic acids is 1. The maximum absolute atomic E-state index is 13.4. The van der Waals surface area contributed by atoms with Crippen molar-refractivity contribution in [2.75, 3.05) is 12.9 Å². The van der Waals surface area contributed by atoms with Crippen LogP contribution < -0.4 is 0 Å². The van der Waals surface area contributed by atoms with Crippen LogP contribution >= 0.6 is 11.8 Å². The molecule has 1 rings (SSSR count). The zero-order chi connectivity index (χ0) is 12.1. The van der Waals surface area contributed by atoms with E-state index in [1.54, 1.807) is 13.2 Å². The highest BCUT2D eigenvalue weighted by molar-refractivity contribution is 7.98. The minimum absolute atomic E-state index is 0.180. The van der Waals surface area contributed by atoms with E-state index in [9.17, 15) is 14.3 Å². The minimum Gasteiger partial charge on any atom is -0.464 e.